The van der Waals surface area contributed by atoms with Gasteiger partial charge in [0.2, 0.25) is 5.91 Å². The van der Waals surface area contributed by atoms with Crippen LogP contribution in [0.25, 0.3) is 11.1 Å². The lowest BCUT2D eigenvalue weighted by Gasteiger charge is -2.12. The van der Waals surface area contributed by atoms with E-state index in [-0.39, 0.29) is 12.0 Å². The number of methoxy groups -OCH3 is 1. The Bertz CT molecular complexity index is 1100. The summed E-state index contributed by atoms with van der Waals surface area (Å²) in [5, 5.41) is 7.37. The first kappa shape index (κ1) is 20.9. The molecule has 1 atom stereocenters. The first-order valence-electron chi connectivity index (χ1n) is 9.80. The van der Waals surface area contributed by atoms with Gasteiger partial charge >= 0.3 is 5.97 Å². The van der Waals surface area contributed by atoms with E-state index in [1.807, 2.05) is 18.2 Å². The summed E-state index contributed by atoms with van der Waals surface area (Å²) in [6.45, 7) is 0.853. The molecule has 1 aromatic heterocycles. The molecule has 2 aromatic carbocycles. The average Bonchev–Trinajstić information content (AvgIpc) is 3.45. The van der Waals surface area contributed by atoms with Crippen molar-refractivity contribution in [2.45, 2.75) is 25.5 Å². The van der Waals surface area contributed by atoms with E-state index in [1.54, 1.807) is 29.2 Å². The van der Waals surface area contributed by atoms with E-state index < -0.39 is 5.97 Å². The highest BCUT2D eigenvalue weighted by Crippen LogP contribution is 2.39. The summed E-state index contributed by atoms with van der Waals surface area (Å²) in [7, 11) is 1.35. The summed E-state index contributed by atoms with van der Waals surface area (Å²) in [6.07, 6.45) is 3.75. The quantitative estimate of drug-likeness (QED) is 0.567. The highest BCUT2D eigenvalue weighted by Gasteiger charge is 2.26. The zero-order valence-corrected chi connectivity index (χ0v) is 17.6. The third-order valence-corrected chi connectivity index (χ3v) is 5.31. The highest BCUT2D eigenvalue weighted by molar-refractivity contribution is 6.32. The van der Waals surface area contributed by atoms with Crippen LogP contribution < -0.4 is 10.1 Å². The molecule has 0 fully saturated rings. The average molecular weight is 441 g/mol. The summed E-state index contributed by atoms with van der Waals surface area (Å²) >= 11 is 6.47. The molecule has 9 heteroatoms. The number of fused-ring (bicyclic) bond motifs is 1. The molecule has 0 saturated carbocycles. The summed E-state index contributed by atoms with van der Waals surface area (Å²) in [4.78, 5) is 27.8. The Morgan fingerprint density at radius 1 is 1.29 bits per heavy atom. The molecule has 0 aliphatic carbocycles. The van der Waals surface area contributed by atoms with E-state index in [4.69, 9.17) is 21.1 Å². The summed E-state index contributed by atoms with van der Waals surface area (Å²) in [6, 6.07) is 11.0. The number of carbonyl (C=O) groups excluding carboxylic acids is 2. The standard InChI is InChI=1S/C22H21ClN4O4/c1-30-22(29)15-4-2-3-14(7-15)16-8-17-9-18(31-21(17)19(23)10-16)11-25-20(28)5-6-27-13-24-12-26-27/h2-4,7-8,10,12-13,18H,5-6,9,11H2,1H3,(H,25,28)/t18-/m1/s1. The van der Waals surface area contributed by atoms with Crippen molar-refractivity contribution in [3.63, 3.8) is 0 Å². The van der Waals surface area contributed by atoms with Crippen molar-refractivity contribution in [2.24, 2.45) is 0 Å². The molecule has 0 bridgehead atoms. The summed E-state index contributed by atoms with van der Waals surface area (Å²) < 4.78 is 12.4. The SMILES string of the molecule is COC(=O)c1cccc(-c2cc(Cl)c3c(c2)C[C@H](CNC(=O)CCn2cncn2)O3)c1. The highest BCUT2D eigenvalue weighted by atomic mass is 35.5. The number of nitrogens with zero attached hydrogens (tertiary/aromatic N) is 3. The second-order valence-corrected chi connectivity index (χ2v) is 7.58. The van der Waals surface area contributed by atoms with E-state index in [9.17, 15) is 9.59 Å². The topological polar surface area (TPSA) is 95.3 Å². The van der Waals surface area contributed by atoms with Crippen LogP contribution in [0.15, 0.2) is 49.1 Å². The number of esters is 1. The van der Waals surface area contributed by atoms with Gasteiger partial charge in [-0.1, -0.05) is 23.7 Å². The zero-order valence-electron chi connectivity index (χ0n) is 16.9. The lowest BCUT2D eigenvalue weighted by molar-refractivity contribution is -0.121. The van der Waals surface area contributed by atoms with Gasteiger partial charge < -0.3 is 14.8 Å². The minimum Gasteiger partial charge on any atom is -0.486 e. The predicted octanol–water partition coefficient (Wildman–Crippen LogP) is 2.90. The zero-order chi connectivity index (χ0) is 21.8. The van der Waals surface area contributed by atoms with Crippen molar-refractivity contribution >= 4 is 23.5 Å². The first-order valence-corrected chi connectivity index (χ1v) is 10.2. The predicted molar refractivity (Wildman–Crippen MR) is 114 cm³/mol. The van der Waals surface area contributed by atoms with E-state index in [0.717, 1.165) is 16.7 Å². The third kappa shape index (κ3) is 4.86. The Kier molecular flexibility index (Phi) is 6.18. The fourth-order valence-electron chi connectivity index (χ4n) is 3.49. The Labute approximate surface area is 184 Å². The Hall–Kier alpha value is -3.39. The molecule has 1 N–H and O–H groups in total. The summed E-state index contributed by atoms with van der Waals surface area (Å²) in [5.41, 5.74) is 3.18. The number of halogens is 1. The molecule has 160 valence electrons. The maximum atomic E-state index is 12.1. The molecule has 0 radical (unpaired) electrons. The number of rotatable bonds is 7. The number of hydrogen-bond acceptors (Lipinski definition) is 6. The number of nitrogens with one attached hydrogen (secondary N) is 1. The Morgan fingerprint density at radius 2 is 2.16 bits per heavy atom. The molecule has 4 rings (SSSR count). The Morgan fingerprint density at radius 3 is 2.94 bits per heavy atom. The van der Waals surface area contributed by atoms with Crippen molar-refractivity contribution in [2.75, 3.05) is 13.7 Å². The van der Waals surface area contributed by atoms with Gasteiger partial charge in [0.05, 0.1) is 30.8 Å². The van der Waals surface area contributed by atoms with Crippen LogP contribution in [0.3, 0.4) is 0 Å². The molecule has 2 heterocycles. The number of aryl methyl sites for hydroxylation is 1. The van der Waals surface area contributed by atoms with E-state index in [1.165, 1.54) is 13.4 Å². The third-order valence-electron chi connectivity index (χ3n) is 5.03. The molecular weight excluding hydrogens is 420 g/mol. The minimum absolute atomic E-state index is 0.0820. The van der Waals surface area contributed by atoms with Crippen LogP contribution in [-0.2, 0) is 22.5 Å². The fraction of sp³-hybridized carbons (Fsp3) is 0.273. The van der Waals surface area contributed by atoms with Crippen LogP contribution in [0.5, 0.6) is 5.75 Å². The monoisotopic (exact) mass is 440 g/mol. The number of hydrogen-bond donors (Lipinski definition) is 1. The molecule has 8 nitrogen and oxygen atoms in total. The van der Waals surface area contributed by atoms with Crippen LogP contribution in [0.1, 0.15) is 22.3 Å². The second-order valence-electron chi connectivity index (χ2n) is 7.18. The minimum atomic E-state index is -0.392. The lowest BCUT2D eigenvalue weighted by Crippen LogP contribution is -2.34. The fourth-order valence-corrected chi connectivity index (χ4v) is 3.78. The van der Waals surface area contributed by atoms with Gasteiger partial charge in [-0.15, -0.1) is 0 Å². The molecule has 1 amide bonds. The van der Waals surface area contributed by atoms with Gasteiger partial charge in [0.1, 0.15) is 24.5 Å². The van der Waals surface area contributed by atoms with Crippen molar-refractivity contribution in [3.05, 3.63) is 65.2 Å². The molecular formula is C22H21ClN4O4. The molecule has 31 heavy (non-hydrogen) atoms. The maximum absolute atomic E-state index is 12.1. The lowest BCUT2D eigenvalue weighted by atomic mass is 9.99. The smallest absolute Gasteiger partial charge is 0.337 e. The van der Waals surface area contributed by atoms with Crippen molar-refractivity contribution in [1.29, 1.82) is 0 Å². The molecule has 1 aliphatic rings. The molecule has 1 aliphatic heterocycles. The van der Waals surface area contributed by atoms with Crippen LogP contribution in [0.4, 0.5) is 0 Å². The molecule has 3 aromatic rings. The Balaban J connectivity index is 1.39. The molecule has 0 unspecified atom stereocenters. The van der Waals surface area contributed by atoms with Gasteiger partial charge in [-0.05, 0) is 35.4 Å². The van der Waals surface area contributed by atoms with Crippen LogP contribution in [0, 0.1) is 0 Å². The summed E-state index contributed by atoms with van der Waals surface area (Å²) in [5.74, 6) is 0.162. The number of benzene rings is 2. The van der Waals surface area contributed by atoms with Gasteiger partial charge in [0.25, 0.3) is 0 Å². The van der Waals surface area contributed by atoms with Crippen molar-refractivity contribution < 1.29 is 19.1 Å². The van der Waals surface area contributed by atoms with E-state index in [0.29, 0.717) is 42.3 Å². The first-order chi connectivity index (χ1) is 15.0. The number of carbonyl (C=O) groups is 2. The van der Waals surface area contributed by atoms with Crippen LogP contribution in [-0.4, -0.2) is 46.4 Å². The number of amides is 1. The van der Waals surface area contributed by atoms with Crippen LogP contribution in [0.2, 0.25) is 5.02 Å². The maximum Gasteiger partial charge on any atom is 0.337 e. The van der Waals surface area contributed by atoms with Crippen molar-refractivity contribution in [1.82, 2.24) is 20.1 Å². The van der Waals surface area contributed by atoms with Gasteiger partial charge in [0.15, 0.2) is 0 Å². The molecule has 0 saturated heterocycles. The number of ether oxygens (including phenoxy) is 2. The largest absolute Gasteiger partial charge is 0.486 e. The van der Waals surface area contributed by atoms with Gasteiger partial charge in [-0.25, -0.2) is 9.78 Å². The van der Waals surface area contributed by atoms with E-state index >= 15 is 0 Å². The second kappa shape index (κ2) is 9.18. The van der Waals surface area contributed by atoms with Crippen LogP contribution >= 0.6 is 11.6 Å². The normalized spacial score (nSPS) is 14.6. The van der Waals surface area contributed by atoms with Gasteiger partial charge in [-0.2, -0.15) is 5.10 Å². The van der Waals surface area contributed by atoms with Gasteiger partial charge in [0, 0.05) is 18.4 Å². The number of aromatic nitrogens is 3. The van der Waals surface area contributed by atoms with Gasteiger partial charge in [-0.3, -0.25) is 9.48 Å². The van der Waals surface area contributed by atoms with E-state index in [2.05, 4.69) is 15.4 Å². The molecule has 0 spiro atoms. The van der Waals surface area contributed by atoms with Crippen molar-refractivity contribution in [3.8, 4) is 16.9 Å².